The zero-order valence-corrected chi connectivity index (χ0v) is 10.9. The SMILES string of the molecule is CC(C)CC(NCC(F)(F)CO)c1ccccc1. The zero-order chi connectivity index (χ0) is 13.6. The molecule has 0 aliphatic rings. The van der Waals surface area contributed by atoms with Crippen molar-refractivity contribution in [3.8, 4) is 0 Å². The van der Waals surface area contributed by atoms with Gasteiger partial charge in [-0.05, 0) is 17.9 Å². The summed E-state index contributed by atoms with van der Waals surface area (Å²) in [5.41, 5.74) is 1.000. The van der Waals surface area contributed by atoms with Gasteiger partial charge in [0.2, 0.25) is 0 Å². The quantitative estimate of drug-likeness (QED) is 0.787. The lowest BCUT2D eigenvalue weighted by Crippen LogP contribution is -2.38. The second kappa shape index (κ2) is 6.81. The minimum Gasteiger partial charge on any atom is -0.390 e. The van der Waals surface area contributed by atoms with Crippen LogP contribution in [0.5, 0.6) is 0 Å². The molecule has 0 amide bonds. The Hall–Kier alpha value is -1.00. The Kier molecular flexibility index (Phi) is 5.69. The van der Waals surface area contributed by atoms with E-state index in [1.807, 2.05) is 30.3 Å². The molecule has 1 atom stereocenters. The fourth-order valence-electron chi connectivity index (χ4n) is 1.82. The molecule has 1 unspecified atom stereocenters. The van der Waals surface area contributed by atoms with E-state index < -0.39 is 19.1 Å². The smallest absolute Gasteiger partial charge is 0.282 e. The molecule has 4 heteroatoms. The summed E-state index contributed by atoms with van der Waals surface area (Å²) in [6.07, 6.45) is 0.783. The van der Waals surface area contributed by atoms with Crippen molar-refractivity contribution in [3.63, 3.8) is 0 Å². The third kappa shape index (κ3) is 5.10. The fraction of sp³-hybridized carbons (Fsp3) is 0.571. The fourth-order valence-corrected chi connectivity index (χ4v) is 1.82. The van der Waals surface area contributed by atoms with Crippen molar-refractivity contribution in [3.05, 3.63) is 35.9 Å². The first kappa shape index (κ1) is 15.1. The summed E-state index contributed by atoms with van der Waals surface area (Å²) in [5, 5.41) is 11.4. The Morgan fingerprint density at radius 1 is 1.22 bits per heavy atom. The van der Waals surface area contributed by atoms with Gasteiger partial charge in [0, 0.05) is 6.04 Å². The molecule has 0 spiro atoms. The van der Waals surface area contributed by atoms with Crippen LogP contribution < -0.4 is 5.32 Å². The Bertz CT molecular complexity index is 341. The van der Waals surface area contributed by atoms with Gasteiger partial charge in [0.15, 0.2) is 0 Å². The number of nitrogens with one attached hydrogen (secondary N) is 1. The Labute approximate surface area is 107 Å². The summed E-state index contributed by atoms with van der Waals surface area (Å²) in [6.45, 7) is 2.49. The van der Waals surface area contributed by atoms with Crippen LogP contribution in [0.15, 0.2) is 30.3 Å². The predicted molar refractivity (Wildman–Crippen MR) is 68.7 cm³/mol. The molecule has 0 radical (unpaired) electrons. The molecule has 2 N–H and O–H groups in total. The third-order valence-electron chi connectivity index (χ3n) is 2.75. The van der Waals surface area contributed by atoms with Gasteiger partial charge in [-0.2, -0.15) is 0 Å². The van der Waals surface area contributed by atoms with Gasteiger partial charge in [-0.1, -0.05) is 44.2 Å². The van der Waals surface area contributed by atoms with Crippen molar-refractivity contribution in [2.45, 2.75) is 32.2 Å². The van der Waals surface area contributed by atoms with Crippen LogP contribution in [0.4, 0.5) is 8.78 Å². The second-order valence-electron chi connectivity index (χ2n) is 4.99. The Morgan fingerprint density at radius 2 is 1.83 bits per heavy atom. The van der Waals surface area contributed by atoms with Gasteiger partial charge in [0.05, 0.1) is 6.54 Å². The standard InChI is InChI=1S/C14H21F2NO/c1-11(2)8-13(12-6-4-3-5-7-12)17-9-14(15,16)10-18/h3-7,11,13,17-18H,8-10H2,1-2H3. The van der Waals surface area contributed by atoms with Crippen LogP contribution in [0.3, 0.4) is 0 Å². The summed E-state index contributed by atoms with van der Waals surface area (Å²) in [7, 11) is 0. The average Bonchev–Trinajstić information content (AvgIpc) is 2.35. The molecular weight excluding hydrogens is 236 g/mol. The molecule has 0 heterocycles. The van der Waals surface area contributed by atoms with Crippen molar-refractivity contribution in [1.82, 2.24) is 5.32 Å². The second-order valence-corrected chi connectivity index (χ2v) is 4.99. The molecule has 0 aliphatic carbocycles. The molecular formula is C14H21F2NO. The predicted octanol–water partition coefficient (Wildman–Crippen LogP) is 2.99. The molecule has 1 aromatic carbocycles. The Morgan fingerprint density at radius 3 is 2.33 bits per heavy atom. The molecule has 0 bridgehead atoms. The van der Waals surface area contributed by atoms with Gasteiger partial charge in [-0.15, -0.1) is 0 Å². The van der Waals surface area contributed by atoms with E-state index in [0.29, 0.717) is 5.92 Å². The van der Waals surface area contributed by atoms with Crippen molar-refractivity contribution in [1.29, 1.82) is 0 Å². The van der Waals surface area contributed by atoms with E-state index >= 15 is 0 Å². The first-order valence-corrected chi connectivity index (χ1v) is 6.21. The number of aliphatic hydroxyl groups excluding tert-OH is 1. The number of hydrogen-bond acceptors (Lipinski definition) is 2. The summed E-state index contributed by atoms with van der Waals surface area (Å²) >= 11 is 0. The van der Waals surface area contributed by atoms with Crippen molar-refractivity contribution in [2.75, 3.05) is 13.2 Å². The molecule has 2 nitrogen and oxygen atoms in total. The van der Waals surface area contributed by atoms with Gasteiger partial charge in [-0.3, -0.25) is 0 Å². The van der Waals surface area contributed by atoms with E-state index in [-0.39, 0.29) is 6.04 Å². The number of aliphatic hydroxyl groups is 1. The average molecular weight is 257 g/mol. The van der Waals surface area contributed by atoms with Gasteiger partial charge >= 0.3 is 0 Å². The molecule has 1 aromatic rings. The first-order valence-electron chi connectivity index (χ1n) is 6.21. The van der Waals surface area contributed by atoms with Gasteiger partial charge < -0.3 is 10.4 Å². The van der Waals surface area contributed by atoms with E-state index in [2.05, 4.69) is 19.2 Å². The summed E-state index contributed by atoms with van der Waals surface area (Å²) in [4.78, 5) is 0. The highest BCUT2D eigenvalue weighted by Gasteiger charge is 2.28. The van der Waals surface area contributed by atoms with Gasteiger partial charge in [0.1, 0.15) is 6.61 Å². The van der Waals surface area contributed by atoms with E-state index in [9.17, 15) is 8.78 Å². The minimum absolute atomic E-state index is 0.108. The molecule has 0 aliphatic heterocycles. The van der Waals surface area contributed by atoms with E-state index in [4.69, 9.17) is 5.11 Å². The van der Waals surface area contributed by atoms with Crippen LogP contribution in [0.1, 0.15) is 31.9 Å². The molecule has 0 saturated heterocycles. The van der Waals surface area contributed by atoms with Crippen LogP contribution in [0, 0.1) is 5.92 Å². The highest BCUT2D eigenvalue weighted by Crippen LogP contribution is 2.22. The van der Waals surface area contributed by atoms with Crippen molar-refractivity contribution < 1.29 is 13.9 Å². The van der Waals surface area contributed by atoms with Crippen LogP contribution in [0.2, 0.25) is 0 Å². The lowest BCUT2D eigenvalue weighted by molar-refractivity contribution is -0.0497. The van der Waals surface area contributed by atoms with Crippen LogP contribution in [-0.2, 0) is 0 Å². The van der Waals surface area contributed by atoms with Crippen LogP contribution >= 0.6 is 0 Å². The van der Waals surface area contributed by atoms with Gasteiger partial charge in [-0.25, -0.2) is 8.78 Å². The molecule has 18 heavy (non-hydrogen) atoms. The topological polar surface area (TPSA) is 32.3 Å². The molecule has 1 rings (SSSR count). The number of rotatable bonds is 7. The number of hydrogen-bond donors (Lipinski definition) is 2. The highest BCUT2D eigenvalue weighted by atomic mass is 19.3. The maximum Gasteiger partial charge on any atom is 0.282 e. The van der Waals surface area contributed by atoms with Crippen LogP contribution in [0.25, 0.3) is 0 Å². The monoisotopic (exact) mass is 257 g/mol. The zero-order valence-electron chi connectivity index (χ0n) is 10.9. The maximum atomic E-state index is 13.1. The van der Waals surface area contributed by atoms with E-state index in [0.717, 1.165) is 12.0 Å². The maximum absolute atomic E-state index is 13.1. The summed E-state index contributed by atoms with van der Waals surface area (Å²) in [6, 6.07) is 9.44. The van der Waals surface area contributed by atoms with Crippen LogP contribution in [-0.4, -0.2) is 24.2 Å². The van der Waals surface area contributed by atoms with E-state index in [1.54, 1.807) is 0 Å². The Balaban J connectivity index is 2.68. The molecule has 0 fully saturated rings. The normalized spacial score (nSPS) is 13.9. The molecule has 0 saturated carbocycles. The summed E-state index contributed by atoms with van der Waals surface area (Å²) in [5.74, 6) is -2.66. The lowest BCUT2D eigenvalue weighted by atomic mass is 9.97. The van der Waals surface area contributed by atoms with E-state index in [1.165, 1.54) is 0 Å². The lowest BCUT2D eigenvalue weighted by Gasteiger charge is -2.23. The highest BCUT2D eigenvalue weighted by molar-refractivity contribution is 5.19. The molecule has 0 aromatic heterocycles. The van der Waals surface area contributed by atoms with Crippen molar-refractivity contribution >= 4 is 0 Å². The number of benzene rings is 1. The summed E-state index contributed by atoms with van der Waals surface area (Å²) < 4.78 is 26.1. The molecule has 102 valence electrons. The largest absolute Gasteiger partial charge is 0.390 e. The van der Waals surface area contributed by atoms with Gasteiger partial charge in [0.25, 0.3) is 5.92 Å². The number of halogens is 2. The first-order chi connectivity index (χ1) is 8.44. The third-order valence-corrected chi connectivity index (χ3v) is 2.75. The minimum atomic E-state index is -3.07. The van der Waals surface area contributed by atoms with Crippen molar-refractivity contribution in [2.24, 2.45) is 5.92 Å². The number of alkyl halides is 2.